The minimum absolute atomic E-state index is 0.319. The van der Waals surface area contributed by atoms with E-state index in [9.17, 15) is 0 Å². The van der Waals surface area contributed by atoms with Crippen LogP contribution in [0, 0.1) is 0 Å². The van der Waals surface area contributed by atoms with Gasteiger partial charge in [-0.05, 0) is 6.42 Å². The van der Waals surface area contributed by atoms with Crippen molar-refractivity contribution in [2.45, 2.75) is 19.3 Å². The Morgan fingerprint density at radius 1 is 1.11 bits per heavy atom. The van der Waals surface area contributed by atoms with E-state index in [1.54, 1.807) is 0 Å². The van der Waals surface area contributed by atoms with Crippen molar-refractivity contribution in [2.75, 3.05) is 26.2 Å². The van der Waals surface area contributed by atoms with Crippen molar-refractivity contribution in [3.63, 3.8) is 0 Å². The fraction of sp³-hybridized carbons (Fsp3) is 1.00. The number of β-amino-alcohol motifs (C(OH)–C–C–N with tert-alkyl or cyclic N) is 1. The van der Waals surface area contributed by atoms with Crippen LogP contribution in [-0.4, -0.2) is 31.3 Å². The van der Waals surface area contributed by atoms with Crippen molar-refractivity contribution >= 4 is 0 Å². The maximum absolute atomic E-state index is 8.58. The van der Waals surface area contributed by atoms with E-state index < -0.39 is 0 Å². The molecule has 0 unspecified atom stereocenters. The number of piperidine rings is 1. The zero-order chi connectivity index (χ0) is 6.53. The molecule has 1 radical (unpaired) electrons. The summed E-state index contributed by atoms with van der Waals surface area (Å²) in [4.78, 5) is 2.32. The largest absolute Gasteiger partial charge is 0.390 e. The minimum Gasteiger partial charge on any atom is -0.390 e. The molecule has 0 aromatic rings. The normalized spacial score (nSPS) is 22.3. The summed E-state index contributed by atoms with van der Waals surface area (Å²) in [6.45, 7) is 3.58. The molecule has 1 aliphatic rings. The number of hydrogen-bond donors (Lipinski definition) is 1. The molecule has 1 aliphatic heterocycles. The summed E-state index contributed by atoms with van der Waals surface area (Å²) in [5.74, 6) is 0. The lowest BCUT2D eigenvalue weighted by Crippen LogP contribution is -2.37. The van der Waals surface area contributed by atoms with Gasteiger partial charge in [-0.1, -0.05) is 0 Å². The Morgan fingerprint density at radius 3 is 2.33 bits per heavy atom. The molecule has 0 saturated carbocycles. The van der Waals surface area contributed by atoms with E-state index in [4.69, 9.17) is 5.11 Å². The second-order valence-corrected chi connectivity index (χ2v) is 2.63. The van der Waals surface area contributed by atoms with Crippen molar-refractivity contribution in [3.05, 3.63) is 0 Å². The van der Waals surface area contributed by atoms with Gasteiger partial charge in [0.1, 0.15) is 19.6 Å². The average molecular weight is 129 g/mol. The van der Waals surface area contributed by atoms with E-state index in [1.165, 1.54) is 32.4 Å². The van der Waals surface area contributed by atoms with Gasteiger partial charge in [-0.15, -0.1) is 0 Å². The molecule has 1 saturated heterocycles. The molecule has 2 nitrogen and oxygen atoms in total. The molecule has 0 spiro atoms. The summed E-state index contributed by atoms with van der Waals surface area (Å²) in [6.07, 6.45) is 4.02. The average Bonchev–Trinajstić information content (AvgIpc) is 1.91. The summed E-state index contributed by atoms with van der Waals surface area (Å²) in [6, 6.07) is 0. The minimum atomic E-state index is 0.319. The van der Waals surface area contributed by atoms with Crippen LogP contribution in [0.15, 0.2) is 0 Å². The van der Waals surface area contributed by atoms with Gasteiger partial charge in [0, 0.05) is 12.8 Å². The van der Waals surface area contributed by atoms with Crippen LogP contribution in [0.25, 0.3) is 0 Å². The van der Waals surface area contributed by atoms with E-state index in [0.29, 0.717) is 6.61 Å². The van der Waals surface area contributed by atoms with E-state index in [1.807, 2.05) is 0 Å². The standard InChI is InChI=1S/C7H15NO/c9-7-6-8-4-2-1-3-5-8/h9H,1-7H2/q+1. The van der Waals surface area contributed by atoms with Crippen LogP contribution in [0.3, 0.4) is 0 Å². The second-order valence-electron chi connectivity index (χ2n) is 2.63. The smallest absolute Gasteiger partial charge is 0.145 e. The highest BCUT2D eigenvalue weighted by atomic mass is 16.3. The molecule has 53 valence electrons. The van der Waals surface area contributed by atoms with Crippen LogP contribution in [0.2, 0.25) is 0 Å². The first-order chi connectivity index (χ1) is 4.43. The first kappa shape index (κ1) is 7.03. The monoisotopic (exact) mass is 129 g/mol. The van der Waals surface area contributed by atoms with Gasteiger partial charge in [0.15, 0.2) is 0 Å². The number of aliphatic hydroxyl groups is 1. The summed E-state index contributed by atoms with van der Waals surface area (Å²) < 4.78 is 0. The van der Waals surface area contributed by atoms with Crippen molar-refractivity contribution in [2.24, 2.45) is 0 Å². The van der Waals surface area contributed by atoms with E-state index in [2.05, 4.69) is 4.90 Å². The highest BCUT2D eigenvalue weighted by Gasteiger charge is 2.16. The Kier molecular flexibility index (Phi) is 3.01. The lowest BCUT2D eigenvalue weighted by molar-refractivity contribution is 0.238. The van der Waals surface area contributed by atoms with Crippen molar-refractivity contribution < 1.29 is 5.11 Å². The molecule has 0 aromatic heterocycles. The zero-order valence-corrected chi connectivity index (χ0v) is 5.84. The van der Waals surface area contributed by atoms with Gasteiger partial charge < -0.3 is 5.11 Å². The predicted molar refractivity (Wildman–Crippen MR) is 37.7 cm³/mol. The Morgan fingerprint density at radius 2 is 1.78 bits per heavy atom. The number of hydrogen-bond acceptors (Lipinski definition) is 2. The highest BCUT2D eigenvalue weighted by molar-refractivity contribution is 4.68. The van der Waals surface area contributed by atoms with Gasteiger partial charge >= 0.3 is 0 Å². The Labute approximate surface area is 56.5 Å². The fourth-order valence-corrected chi connectivity index (χ4v) is 1.32. The maximum Gasteiger partial charge on any atom is 0.145 e. The highest BCUT2D eigenvalue weighted by Crippen LogP contribution is 2.04. The van der Waals surface area contributed by atoms with Crippen LogP contribution < -0.4 is 4.90 Å². The molecule has 2 heteroatoms. The molecular formula is C7H15NO+. The molecule has 1 rings (SSSR count). The third-order valence-corrected chi connectivity index (χ3v) is 1.86. The van der Waals surface area contributed by atoms with Crippen LogP contribution in [0.4, 0.5) is 0 Å². The van der Waals surface area contributed by atoms with E-state index in [-0.39, 0.29) is 0 Å². The van der Waals surface area contributed by atoms with E-state index in [0.717, 1.165) is 6.54 Å². The first-order valence-electron chi connectivity index (χ1n) is 3.76. The van der Waals surface area contributed by atoms with E-state index >= 15 is 0 Å². The zero-order valence-electron chi connectivity index (χ0n) is 5.84. The number of likely N-dealkylation sites (tertiary alicyclic amines) is 1. The predicted octanol–water partition coefficient (Wildman–Crippen LogP) is 0.303. The molecule has 1 N–H and O–H groups in total. The summed E-state index contributed by atoms with van der Waals surface area (Å²) in [5, 5.41) is 8.58. The van der Waals surface area contributed by atoms with Crippen molar-refractivity contribution in [1.82, 2.24) is 4.90 Å². The topological polar surface area (TPSA) is 26.1 Å². The summed E-state index contributed by atoms with van der Waals surface area (Å²) >= 11 is 0. The fourth-order valence-electron chi connectivity index (χ4n) is 1.32. The number of nitrogens with zero attached hydrogens (tertiary/aromatic N) is 1. The Balaban J connectivity index is 2.08. The second kappa shape index (κ2) is 3.85. The molecule has 0 aliphatic carbocycles. The van der Waals surface area contributed by atoms with Gasteiger partial charge in [0.05, 0.1) is 6.61 Å². The van der Waals surface area contributed by atoms with Gasteiger partial charge in [0.2, 0.25) is 0 Å². The van der Waals surface area contributed by atoms with Gasteiger partial charge in [0.25, 0.3) is 0 Å². The molecule has 0 atom stereocenters. The van der Waals surface area contributed by atoms with Crippen LogP contribution in [0.1, 0.15) is 19.3 Å². The lowest BCUT2D eigenvalue weighted by atomic mass is 10.1. The van der Waals surface area contributed by atoms with Gasteiger partial charge in [-0.2, -0.15) is 4.90 Å². The van der Waals surface area contributed by atoms with Gasteiger partial charge in [-0.25, -0.2) is 0 Å². The molecule has 9 heavy (non-hydrogen) atoms. The number of rotatable bonds is 2. The summed E-state index contributed by atoms with van der Waals surface area (Å²) in [7, 11) is 0. The summed E-state index contributed by atoms with van der Waals surface area (Å²) in [5.41, 5.74) is 0. The first-order valence-corrected chi connectivity index (χ1v) is 3.76. The molecule has 0 bridgehead atoms. The van der Waals surface area contributed by atoms with Crippen molar-refractivity contribution in [3.8, 4) is 0 Å². The SMILES string of the molecule is OCC[N+]1CCCCC1. The Hall–Kier alpha value is -0.0800. The lowest BCUT2D eigenvalue weighted by Gasteiger charge is -2.15. The molecule has 0 aromatic carbocycles. The molecular weight excluding hydrogens is 114 g/mol. The van der Waals surface area contributed by atoms with Crippen LogP contribution in [0.5, 0.6) is 0 Å². The maximum atomic E-state index is 8.58. The third-order valence-electron chi connectivity index (χ3n) is 1.86. The van der Waals surface area contributed by atoms with Crippen LogP contribution >= 0.6 is 0 Å². The molecule has 1 heterocycles. The number of aliphatic hydroxyl groups excluding tert-OH is 1. The quantitative estimate of drug-likeness (QED) is 0.533. The molecule has 1 fully saturated rings. The van der Waals surface area contributed by atoms with Crippen molar-refractivity contribution in [1.29, 1.82) is 0 Å². The third kappa shape index (κ3) is 2.33. The van der Waals surface area contributed by atoms with Gasteiger partial charge in [-0.3, -0.25) is 0 Å². The molecule has 0 amide bonds. The van der Waals surface area contributed by atoms with Crippen LogP contribution in [-0.2, 0) is 0 Å². The Bertz CT molecular complexity index is 66.6.